The van der Waals surface area contributed by atoms with E-state index in [0.29, 0.717) is 12.3 Å². The highest BCUT2D eigenvalue weighted by Crippen LogP contribution is 2.30. The van der Waals surface area contributed by atoms with Gasteiger partial charge in [0.15, 0.2) is 0 Å². The SMILES string of the molecule is CCN(CC)c1ccc([C@@H](N)CCCCN)c(O)c1.Cl. The Balaban J connectivity index is 0.00000361. The number of anilines is 1. The van der Waals surface area contributed by atoms with Crippen molar-refractivity contribution in [2.75, 3.05) is 24.5 Å². The molecule has 1 aromatic carbocycles. The minimum absolute atomic E-state index is 0. The van der Waals surface area contributed by atoms with E-state index < -0.39 is 0 Å². The van der Waals surface area contributed by atoms with Crippen LogP contribution in [0.3, 0.4) is 0 Å². The van der Waals surface area contributed by atoms with E-state index in [1.807, 2.05) is 18.2 Å². The van der Waals surface area contributed by atoms with Crippen molar-refractivity contribution < 1.29 is 5.11 Å². The predicted octanol–water partition coefficient (Wildman–Crippen LogP) is 2.79. The maximum absolute atomic E-state index is 10.1. The molecule has 1 rings (SSSR count). The van der Waals surface area contributed by atoms with E-state index in [4.69, 9.17) is 11.5 Å². The molecule has 0 aliphatic rings. The van der Waals surface area contributed by atoms with Crippen LogP contribution >= 0.6 is 12.4 Å². The third-order valence-corrected chi connectivity index (χ3v) is 3.51. The van der Waals surface area contributed by atoms with Crippen molar-refractivity contribution in [1.29, 1.82) is 0 Å². The smallest absolute Gasteiger partial charge is 0.122 e. The molecule has 1 atom stereocenters. The minimum Gasteiger partial charge on any atom is -0.508 e. The number of nitrogens with zero attached hydrogens (tertiary/aromatic N) is 1. The van der Waals surface area contributed by atoms with Crippen LogP contribution in [0.25, 0.3) is 0 Å². The molecule has 5 heteroatoms. The lowest BCUT2D eigenvalue weighted by Gasteiger charge is -2.22. The number of benzene rings is 1. The van der Waals surface area contributed by atoms with Crippen LogP contribution in [0, 0.1) is 0 Å². The van der Waals surface area contributed by atoms with Gasteiger partial charge >= 0.3 is 0 Å². The molecule has 0 fully saturated rings. The molecule has 0 unspecified atom stereocenters. The Hall–Kier alpha value is -0.970. The molecule has 0 bridgehead atoms. The number of unbranched alkanes of at least 4 members (excludes halogenated alkanes) is 1. The fourth-order valence-corrected chi connectivity index (χ4v) is 2.30. The molecule has 0 heterocycles. The van der Waals surface area contributed by atoms with Crippen molar-refractivity contribution in [1.82, 2.24) is 0 Å². The lowest BCUT2D eigenvalue weighted by molar-refractivity contribution is 0.456. The molecule has 0 aliphatic carbocycles. The number of hydrogen-bond donors (Lipinski definition) is 3. The van der Waals surface area contributed by atoms with Gasteiger partial charge in [0.1, 0.15) is 5.75 Å². The van der Waals surface area contributed by atoms with E-state index in [-0.39, 0.29) is 18.4 Å². The van der Waals surface area contributed by atoms with Crippen LogP contribution in [0.2, 0.25) is 0 Å². The summed E-state index contributed by atoms with van der Waals surface area (Å²) in [5.41, 5.74) is 13.5. The quantitative estimate of drug-likeness (QED) is 0.645. The van der Waals surface area contributed by atoms with E-state index in [9.17, 15) is 5.11 Å². The van der Waals surface area contributed by atoms with Crippen molar-refractivity contribution in [2.45, 2.75) is 39.2 Å². The van der Waals surface area contributed by atoms with Crippen LogP contribution < -0.4 is 16.4 Å². The fourth-order valence-electron chi connectivity index (χ4n) is 2.30. The average molecular weight is 302 g/mol. The van der Waals surface area contributed by atoms with Gasteiger partial charge in [-0.3, -0.25) is 0 Å². The molecule has 4 nitrogen and oxygen atoms in total. The molecular formula is C15H28ClN3O. The molecule has 1 aromatic rings. The number of halogens is 1. The van der Waals surface area contributed by atoms with Crippen LogP contribution in [0.5, 0.6) is 5.75 Å². The third kappa shape index (κ3) is 5.19. The number of phenolic OH excluding ortho intramolecular Hbond substituents is 1. The first-order chi connectivity index (χ1) is 9.13. The summed E-state index contributed by atoms with van der Waals surface area (Å²) in [6.07, 6.45) is 2.83. The monoisotopic (exact) mass is 301 g/mol. The van der Waals surface area contributed by atoms with Crippen LogP contribution in [0.4, 0.5) is 5.69 Å². The summed E-state index contributed by atoms with van der Waals surface area (Å²) in [5, 5.41) is 10.1. The second-order valence-electron chi connectivity index (χ2n) is 4.81. The molecule has 20 heavy (non-hydrogen) atoms. The van der Waals surface area contributed by atoms with Gasteiger partial charge in [0.25, 0.3) is 0 Å². The Labute approximate surface area is 128 Å². The van der Waals surface area contributed by atoms with Crippen LogP contribution in [-0.2, 0) is 0 Å². The maximum Gasteiger partial charge on any atom is 0.122 e. The van der Waals surface area contributed by atoms with Crippen molar-refractivity contribution in [3.63, 3.8) is 0 Å². The maximum atomic E-state index is 10.1. The number of hydrogen-bond acceptors (Lipinski definition) is 4. The van der Waals surface area contributed by atoms with Gasteiger partial charge in [-0.05, 0) is 39.3 Å². The highest BCUT2D eigenvalue weighted by Gasteiger charge is 2.12. The number of rotatable bonds is 8. The summed E-state index contributed by atoms with van der Waals surface area (Å²) < 4.78 is 0. The third-order valence-electron chi connectivity index (χ3n) is 3.51. The molecule has 0 aromatic heterocycles. The predicted molar refractivity (Wildman–Crippen MR) is 88.7 cm³/mol. The molecule has 116 valence electrons. The lowest BCUT2D eigenvalue weighted by atomic mass is 10.0. The Morgan fingerprint density at radius 3 is 2.35 bits per heavy atom. The standard InChI is InChI=1S/C15H27N3O.ClH/c1-3-18(4-2)12-8-9-13(15(19)11-12)14(17)7-5-6-10-16;/h8-9,11,14,19H,3-7,10,16-17H2,1-2H3;1H/t14-;/m0./s1. The summed E-state index contributed by atoms with van der Waals surface area (Å²) in [7, 11) is 0. The Kier molecular flexibility index (Phi) is 9.38. The summed E-state index contributed by atoms with van der Waals surface area (Å²) in [6.45, 7) is 6.76. The Morgan fingerprint density at radius 1 is 1.20 bits per heavy atom. The molecule has 0 saturated carbocycles. The van der Waals surface area contributed by atoms with Crippen molar-refractivity contribution in [2.24, 2.45) is 11.5 Å². The van der Waals surface area contributed by atoms with Crippen molar-refractivity contribution in [3.8, 4) is 5.75 Å². The zero-order chi connectivity index (χ0) is 14.3. The summed E-state index contributed by atoms with van der Waals surface area (Å²) >= 11 is 0. The van der Waals surface area contributed by atoms with Gasteiger partial charge < -0.3 is 21.5 Å². The van der Waals surface area contributed by atoms with E-state index in [2.05, 4.69) is 18.7 Å². The van der Waals surface area contributed by atoms with Gasteiger partial charge in [-0.1, -0.05) is 12.5 Å². The lowest BCUT2D eigenvalue weighted by Crippen LogP contribution is -2.21. The highest BCUT2D eigenvalue weighted by molar-refractivity contribution is 5.85. The first-order valence-electron chi connectivity index (χ1n) is 7.17. The Bertz CT molecular complexity index is 383. The number of phenols is 1. The normalized spacial score (nSPS) is 11.8. The molecule has 0 radical (unpaired) electrons. The van der Waals surface area contributed by atoms with Gasteiger partial charge in [0.05, 0.1) is 0 Å². The highest BCUT2D eigenvalue weighted by atomic mass is 35.5. The van der Waals surface area contributed by atoms with E-state index in [1.54, 1.807) is 0 Å². The van der Waals surface area contributed by atoms with Gasteiger partial charge in [0.2, 0.25) is 0 Å². The first-order valence-corrected chi connectivity index (χ1v) is 7.17. The average Bonchev–Trinajstić information content (AvgIpc) is 2.40. The molecule has 0 spiro atoms. The van der Waals surface area contributed by atoms with Crippen LogP contribution in [-0.4, -0.2) is 24.7 Å². The van der Waals surface area contributed by atoms with Gasteiger partial charge in [0, 0.05) is 36.4 Å². The fraction of sp³-hybridized carbons (Fsp3) is 0.600. The van der Waals surface area contributed by atoms with Gasteiger partial charge in [-0.15, -0.1) is 12.4 Å². The summed E-state index contributed by atoms with van der Waals surface area (Å²) in [4.78, 5) is 2.20. The summed E-state index contributed by atoms with van der Waals surface area (Å²) in [6, 6.07) is 5.67. The Morgan fingerprint density at radius 2 is 1.85 bits per heavy atom. The largest absolute Gasteiger partial charge is 0.508 e. The number of nitrogens with two attached hydrogens (primary N) is 2. The minimum atomic E-state index is -0.114. The van der Waals surface area contributed by atoms with Crippen LogP contribution in [0.1, 0.15) is 44.7 Å². The van der Waals surface area contributed by atoms with Crippen molar-refractivity contribution in [3.05, 3.63) is 23.8 Å². The summed E-state index contributed by atoms with van der Waals surface area (Å²) in [5.74, 6) is 0.296. The van der Waals surface area contributed by atoms with Gasteiger partial charge in [-0.2, -0.15) is 0 Å². The molecule has 5 N–H and O–H groups in total. The van der Waals surface area contributed by atoms with E-state index in [1.165, 1.54) is 0 Å². The molecule has 0 amide bonds. The first kappa shape index (κ1) is 19.0. The number of aromatic hydroxyl groups is 1. The zero-order valence-corrected chi connectivity index (χ0v) is 13.3. The van der Waals surface area contributed by atoms with E-state index >= 15 is 0 Å². The molecular weight excluding hydrogens is 274 g/mol. The second kappa shape index (κ2) is 9.86. The van der Waals surface area contributed by atoms with Crippen molar-refractivity contribution >= 4 is 18.1 Å². The molecule has 0 saturated heterocycles. The van der Waals surface area contributed by atoms with Crippen LogP contribution in [0.15, 0.2) is 18.2 Å². The zero-order valence-electron chi connectivity index (χ0n) is 12.5. The van der Waals surface area contributed by atoms with E-state index in [0.717, 1.165) is 43.6 Å². The van der Waals surface area contributed by atoms with Gasteiger partial charge in [-0.25, -0.2) is 0 Å². The molecule has 0 aliphatic heterocycles. The second-order valence-corrected chi connectivity index (χ2v) is 4.81. The topological polar surface area (TPSA) is 75.5 Å².